The number of benzene rings is 1. The molecule has 1 N–H and O–H groups in total. The Morgan fingerprint density at radius 2 is 2.08 bits per heavy atom. The number of methoxy groups -OCH3 is 1. The first-order chi connectivity index (χ1) is 11.5. The van der Waals surface area contributed by atoms with Gasteiger partial charge in [-0.15, -0.1) is 0 Å². The molecule has 130 valence electrons. The van der Waals surface area contributed by atoms with Crippen LogP contribution in [-0.4, -0.2) is 48.7 Å². The van der Waals surface area contributed by atoms with Crippen molar-refractivity contribution in [2.45, 2.75) is 43.5 Å². The molecule has 0 aromatic heterocycles. The maximum atomic E-state index is 11.3. The summed E-state index contributed by atoms with van der Waals surface area (Å²) in [5.74, 6) is -0.491. The highest BCUT2D eigenvalue weighted by molar-refractivity contribution is 5.81. The Labute approximate surface area is 141 Å². The lowest BCUT2D eigenvalue weighted by Gasteiger charge is -2.47. The van der Waals surface area contributed by atoms with Gasteiger partial charge in [-0.2, -0.15) is 0 Å². The van der Waals surface area contributed by atoms with Gasteiger partial charge in [0.1, 0.15) is 11.7 Å². The van der Waals surface area contributed by atoms with E-state index in [1.54, 1.807) is 6.92 Å². The monoisotopic (exact) mass is 334 g/mol. The number of hydrogen-bond acceptors (Lipinski definition) is 6. The largest absolute Gasteiger partial charge is 0.466 e. The summed E-state index contributed by atoms with van der Waals surface area (Å²) < 4.78 is 22.3. The molecule has 2 fully saturated rings. The van der Waals surface area contributed by atoms with Gasteiger partial charge in [0.15, 0.2) is 6.29 Å². The average Bonchev–Trinajstić information content (AvgIpc) is 2.61. The quantitative estimate of drug-likeness (QED) is 0.670. The van der Waals surface area contributed by atoms with Crippen LogP contribution >= 0.6 is 0 Å². The Balaban J connectivity index is 1.68. The molecule has 0 spiro atoms. The number of ether oxygens (including phenoxy) is 4. The van der Waals surface area contributed by atoms with Crippen molar-refractivity contribution < 1.29 is 28.8 Å². The third kappa shape index (κ3) is 3.52. The maximum absolute atomic E-state index is 11.3. The van der Waals surface area contributed by atoms with Crippen LogP contribution in [0.2, 0.25) is 0 Å². The van der Waals surface area contributed by atoms with E-state index in [-0.39, 0.29) is 12.2 Å². The fourth-order valence-corrected chi connectivity index (χ4v) is 2.99. The molecule has 2 saturated heterocycles. The zero-order chi connectivity index (χ0) is 17.2. The van der Waals surface area contributed by atoms with E-state index in [9.17, 15) is 9.90 Å². The Morgan fingerprint density at radius 1 is 1.33 bits per heavy atom. The Hall–Kier alpha value is -1.73. The van der Waals surface area contributed by atoms with Crippen LogP contribution in [-0.2, 0) is 23.7 Å². The molecule has 2 aliphatic heterocycles. The molecule has 1 aromatic rings. The van der Waals surface area contributed by atoms with Gasteiger partial charge < -0.3 is 24.1 Å². The smallest absolute Gasteiger partial charge is 0.330 e. The number of carbonyl (C=O) groups is 1. The molecule has 5 atom stereocenters. The lowest BCUT2D eigenvalue weighted by molar-refractivity contribution is -0.312. The van der Waals surface area contributed by atoms with Crippen molar-refractivity contribution in [3.05, 3.63) is 48.0 Å². The van der Waals surface area contributed by atoms with Crippen LogP contribution in [0.1, 0.15) is 25.2 Å². The van der Waals surface area contributed by atoms with E-state index in [2.05, 4.69) is 4.74 Å². The Morgan fingerprint density at radius 3 is 2.79 bits per heavy atom. The second kappa shape index (κ2) is 7.03. The first kappa shape index (κ1) is 17.1. The van der Waals surface area contributed by atoms with E-state index >= 15 is 0 Å². The molecule has 3 rings (SSSR count). The third-order valence-corrected chi connectivity index (χ3v) is 4.47. The van der Waals surface area contributed by atoms with Gasteiger partial charge in [0, 0.05) is 18.1 Å². The van der Waals surface area contributed by atoms with Gasteiger partial charge in [-0.25, -0.2) is 4.79 Å². The minimum Gasteiger partial charge on any atom is -0.466 e. The fourth-order valence-electron chi connectivity index (χ4n) is 2.99. The number of esters is 1. The molecule has 0 amide bonds. The summed E-state index contributed by atoms with van der Waals surface area (Å²) in [5.41, 5.74) is -0.0499. The zero-order valence-corrected chi connectivity index (χ0v) is 13.8. The fraction of sp³-hybridized carbons (Fsp3) is 0.500. The zero-order valence-electron chi connectivity index (χ0n) is 13.8. The van der Waals surface area contributed by atoms with E-state index in [4.69, 9.17) is 14.2 Å². The van der Waals surface area contributed by atoms with E-state index in [0.717, 1.165) is 5.56 Å². The molecular weight excluding hydrogens is 312 g/mol. The second-order valence-electron chi connectivity index (χ2n) is 6.20. The standard InChI is InChI=1S/C18H22O6/c1-18(9-8-16(20)21-2)15(19)10-13-14(24-18)11-22-17(23-13)12-6-4-3-5-7-12/h3-9,13-15,17,19H,10-11H2,1-2H3/b9-8+/t13-,14+,15+,17+,18-/m0/s1. The van der Waals surface area contributed by atoms with Gasteiger partial charge in [0.2, 0.25) is 0 Å². The van der Waals surface area contributed by atoms with Crippen LogP contribution in [0, 0.1) is 0 Å². The molecular formula is C18H22O6. The van der Waals surface area contributed by atoms with Crippen molar-refractivity contribution in [1.29, 1.82) is 0 Å². The summed E-state index contributed by atoms with van der Waals surface area (Å²) in [6.07, 6.45) is 1.37. The summed E-state index contributed by atoms with van der Waals surface area (Å²) in [7, 11) is 1.30. The average molecular weight is 334 g/mol. The lowest BCUT2D eigenvalue weighted by Crippen LogP contribution is -2.57. The van der Waals surface area contributed by atoms with Gasteiger partial charge in [0.05, 0.1) is 25.9 Å². The normalized spacial score (nSPS) is 36.3. The number of fused-ring (bicyclic) bond motifs is 1. The molecule has 6 heteroatoms. The summed E-state index contributed by atoms with van der Waals surface area (Å²) in [5, 5.41) is 10.5. The Bertz CT molecular complexity index is 601. The van der Waals surface area contributed by atoms with Crippen LogP contribution < -0.4 is 0 Å². The molecule has 0 unspecified atom stereocenters. The van der Waals surface area contributed by atoms with E-state index in [0.29, 0.717) is 13.0 Å². The van der Waals surface area contributed by atoms with Crippen molar-refractivity contribution >= 4 is 5.97 Å². The summed E-state index contributed by atoms with van der Waals surface area (Å²) >= 11 is 0. The van der Waals surface area contributed by atoms with Crippen LogP contribution in [0.25, 0.3) is 0 Å². The first-order valence-electron chi connectivity index (χ1n) is 7.97. The van der Waals surface area contributed by atoms with Crippen LogP contribution in [0.5, 0.6) is 0 Å². The van der Waals surface area contributed by atoms with Gasteiger partial charge in [-0.05, 0) is 13.0 Å². The van der Waals surface area contributed by atoms with Crippen LogP contribution in [0.4, 0.5) is 0 Å². The molecule has 0 saturated carbocycles. The van der Waals surface area contributed by atoms with Gasteiger partial charge in [-0.1, -0.05) is 30.3 Å². The molecule has 0 bridgehead atoms. The van der Waals surface area contributed by atoms with Crippen LogP contribution in [0.3, 0.4) is 0 Å². The maximum Gasteiger partial charge on any atom is 0.330 e. The summed E-state index contributed by atoms with van der Waals surface area (Å²) in [4.78, 5) is 11.3. The minimum atomic E-state index is -0.984. The predicted molar refractivity (Wildman–Crippen MR) is 85.1 cm³/mol. The van der Waals surface area contributed by atoms with Crippen molar-refractivity contribution in [1.82, 2.24) is 0 Å². The van der Waals surface area contributed by atoms with Crippen molar-refractivity contribution in [2.24, 2.45) is 0 Å². The molecule has 0 radical (unpaired) electrons. The van der Waals surface area contributed by atoms with Crippen molar-refractivity contribution in [3.63, 3.8) is 0 Å². The summed E-state index contributed by atoms with van der Waals surface area (Å²) in [6, 6.07) is 9.66. The molecule has 6 nitrogen and oxygen atoms in total. The van der Waals surface area contributed by atoms with E-state index in [1.807, 2.05) is 30.3 Å². The van der Waals surface area contributed by atoms with Crippen LogP contribution in [0.15, 0.2) is 42.5 Å². The molecule has 0 aliphatic carbocycles. The highest BCUT2D eigenvalue weighted by atomic mass is 16.7. The van der Waals surface area contributed by atoms with Gasteiger partial charge in [-0.3, -0.25) is 0 Å². The predicted octanol–water partition coefficient (Wildman–Crippen LogP) is 1.74. The van der Waals surface area contributed by atoms with Gasteiger partial charge in [0.25, 0.3) is 0 Å². The van der Waals surface area contributed by atoms with Gasteiger partial charge >= 0.3 is 5.97 Å². The highest BCUT2D eigenvalue weighted by Gasteiger charge is 2.47. The lowest BCUT2D eigenvalue weighted by atomic mass is 9.87. The first-order valence-corrected chi connectivity index (χ1v) is 7.97. The molecule has 2 heterocycles. The summed E-state index contributed by atoms with van der Waals surface area (Å²) in [6.45, 7) is 2.09. The number of rotatable bonds is 3. The third-order valence-electron chi connectivity index (χ3n) is 4.47. The minimum absolute atomic E-state index is 0.265. The molecule has 1 aromatic carbocycles. The highest BCUT2D eigenvalue weighted by Crippen LogP contribution is 2.38. The van der Waals surface area contributed by atoms with Crippen molar-refractivity contribution in [2.75, 3.05) is 13.7 Å². The molecule has 2 aliphatic rings. The topological polar surface area (TPSA) is 74.2 Å². The second-order valence-corrected chi connectivity index (χ2v) is 6.20. The number of aliphatic hydroxyl groups is 1. The Kier molecular flexibility index (Phi) is 5.01. The number of hydrogen-bond donors (Lipinski definition) is 1. The van der Waals surface area contributed by atoms with E-state index in [1.165, 1.54) is 19.3 Å². The SMILES string of the molecule is COC(=O)/C=C/[C@]1(C)O[C@@H]2CO[C@@H](c3ccccc3)O[C@H]2C[C@H]1O. The van der Waals surface area contributed by atoms with E-state index < -0.39 is 24.0 Å². The molecule has 24 heavy (non-hydrogen) atoms. The number of carbonyl (C=O) groups excluding carboxylic acids is 1. The number of aliphatic hydroxyl groups excluding tert-OH is 1. The van der Waals surface area contributed by atoms with Crippen molar-refractivity contribution in [3.8, 4) is 0 Å².